The number of rotatable bonds is 7. The van der Waals surface area contributed by atoms with E-state index in [0.29, 0.717) is 19.6 Å². The Morgan fingerprint density at radius 2 is 1.86 bits per heavy atom. The topological polar surface area (TPSA) is 76.7 Å². The molecule has 2 atom stereocenters. The van der Waals surface area contributed by atoms with Crippen molar-refractivity contribution in [3.05, 3.63) is 34.3 Å². The summed E-state index contributed by atoms with van der Waals surface area (Å²) in [6.45, 7) is 6.09. The summed E-state index contributed by atoms with van der Waals surface area (Å²) in [5.74, 6) is 0.214. The Morgan fingerprint density at radius 3 is 2.54 bits per heavy atom. The first-order chi connectivity index (χ1) is 13.6. The van der Waals surface area contributed by atoms with Crippen LogP contribution >= 0.6 is 15.9 Å². The number of hydrogen-bond acceptors (Lipinski definition) is 5. The summed E-state index contributed by atoms with van der Waals surface area (Å²) < 4.78 is 1.05. The number of hydrogen-bond donors (Lipinski definition) is 3. The van der Waals surface area contributed by atoms with Crippen molar-refractivity contribution >= 4 is 27.7 Å². The summed E-state index contributed by atoms with van der Waals surface area (Å²) in [6, 6.07) is 8.10. The van der Waals surface area contributed by atoms with Gasteiger partial charge in [0.1, 0.15) is 6.04 Å². The number of carbonyl (C=O) groups is 2. The van der Waals surface area contributed by atoms with E-state index in [-0.39, 0.29) is 23.9 Å². The first-order valence-electron chi connectivity index (χ1n) is 10.1. The van der Waals surface area contributed by atoms with Crippen LogP contribution in [0.2, 0.25) is 0 Å². The molecule has 3 N–H and O–H groups in total. The highest BCUT2D eigenvalue weighted by Crippen LogP contribution is 2.24. The zero-order valence-electron chi connectivity index (χ0n) is 16.4. The van der Waals surface area contributed by atoms with E-state index < -0.39 is 0 Å². The van der Waals surface area contributed by atoms with Gasteiger partial charge in [0.25, 0.3) is 0 Å². The number of amides is 2. The van der Waals surface area contributed by atoms with Crippen LogP contribution in [-0.2, 0) is 9.59 Å². The number of nitrogens with zero attached hydrogens (tertiary/aromatic N) is 2. The largest absolute Gasteiger partial charge is 0.355 e. The third-order valence-corrected chi connectivity index (χ3v) is 5.91. The van der Waals surface area contributed by atoms with Gasteiger partial charge in [-0.2, -0.15) is 0 Å². The molecule has 28 heavy (non-hydrogen) atoms. The molecule has 2 amide bonds. The van der Waals surface area contributed by atoms with Crippen LogP contribution in [0.5, 0.6) is 0 Å². The van der Waals surface area contributed by atoms with E-state index in [1.54, 1.807) is 0 Å². The zero-order chi connectivity index (χ0) is 19.9. The van der Waals surface area contributed by atoms with Crippen LogP contribution in [0.1, 0.15) is 37.8 Å². The van der Waals surface area contributed by atoms with Crippen molar-refractivity contribution in [1.29, 1.82) is 0 Å². The molecule has 3 rings (SSSR count). The third kappa shape index (κ3) is 5.76. The monoisotopic (exact) mass is 451 g/mol. The SMILES string of the molecule is CCCCNC(=O)CN1CCN(C(=O)C2CC(c3ccc(Br)cc3)NN2)CC1. The van der Waals surface area contributed by atoms with Gasteiger partial charge in [-0.25, -0.2) is 10.9 Å². The summed E-state index contributed by atoms with van der Waals surface area (Å²) in [4.78, 5) is 28.8. The van der Waals surface area contributed by atoms with Gasteiger partial charge in [0, 0.05) is 43.2 Å². The molecule has 0 aliphatic carbocycles. The Kier molecular flexibility index (Phi) is 7.84. The number of benzene rings is 1. The van der Waals surface area contributed by atoms with Crippen molar-refractivity contribution in [2.45, 2.75) is 38.3 Å². The molecule has 0 aromatic heterocycles. The maximum atomic E-state index is 12.9. The van der Waals surface area contributed by atoms with Crippen LogP contribution in [0.15, 0.2) is 28.7 Å². The van der Waals surface area contributed by atoms with E-state index in [1.807, 2.05) is 17.0 Å². The number of halogens is 1. The second-order valence-electron chi connectivity index (χ2n) is 7.49. The number of carbonyl (C=O) groups excluding carboxylic acids is 2. The molecule has 0 radical (unpaired) electrons. The maximum absolute atomic E-state index is 12.9. The van der Waals surface area contributed by atoms with Crippen molar-refractivity contribution in [1.82, 2.24) is 26.0 Å². The van der Waals surface area contributed by atoms with E-state index in [9.17, 15) is 9.59 Å². The molecule has 2 aliphatic heterocycles. The minimum Gasteiger partial charge on any atom is -0.355 e. The van der Waals surface area contributed by atoms with E-state index in [2.05, 4.69) is 56.1 Å². The van der Waals surface area contributed by atoms with Gasteiger partial charge in [0.05, 0.1) is 6.54 Å². The van der Waals surface area contributed by atoms with Gasteiger partial charge in [-0.1, -0.05) is 41.4 Å². The first-order valence-corrected chi connectivity index (χ1v) is 10.9. The normalized spacial score (nSPS) is 23.0. The molecule has 2 fully saturated rings. The van der Waals surface area contributed by atoms with Gasteiger partial charge >= 0.3 is 0 Å². The second-order valence-corrected chi connectivity index (χ2v) is 8.40. The molecule has 2 saturated heterocycles. The fourth-order valence-electron chi connectivity index (χ4n) is 3.64. The summed E-state index contributed by atoms with van der Waals surface area (Å²) in [5.41, 5.74) is 7.58. The Balaban J connectivity index is 1.41. The Morgan fingerprint density at radius 1 is 1.14 bits per heavy atom. The van der Waals surface area contributed by atoms with Crippen LogP contribution in [0.25, 0.3) is 0 Å². The van der Waals surface area contributed by atoms with Gasteiger partial charge in [-0.05, 0) is 30.5 Å². The molecule has 1 aromatic rings. The van der Waals surface area contributed by atoms with Gasteiger partial charge in [-0.3, -0.25) is 14.5 Å². The maximum Gasteiger partial charge on any atom is 0.241 e. The number of unbranched alkanes of at least 4 members (excludes halogenated alkanes) is 1. The molecule has 8 heteroatoms. The van der Waals surface area contributed by atoms with Gasteiger partial charge < -0.3 is 10.2 Å². The Labute approximate surface area is 175 Å². The third-order valence-electron chi connectivity index (χ3n) is 5.38. The molecule has 0 saturated carbocycles. The predicted molar refractivity (Wildman–Crippen MR) is 112 cm³/mol. The van der Waals surface area contributed by atoms with Gasteiger partial charge in [0.2, 0.25) is 11.8 Å². The standard InChI is InChI=1S/C20H30BrN5O2/c1-2-3-8-22-19(27)14-25-9-11-26(12-10-25)20(28)18-13-17(23-24-18)15-4-6-16(21)7-5-15/h4-7,17-18,23-24H,2-3,8-14H2,1H3,(H,22,27). The Hall–Kier alpha value is -1.48. The van der Waals surface area contributed by atoms with Crippen molar-refractivity contribution in [2.24, 2.45) is 0 Å². The van der Waals surface area contributed by atoms with E-state index in [1.165, 1.54) is 5.56 Å². The minimum absolute atomic E-state index is 0.0761. The number of piperazine rings is 1. The van der Waals surface area contributed by atoms with Crippen LogP contribution in [0.3, 0.4) is 0 Å². The lowest BCUT2D eigenvalue weighted by Gasteiger charge is -2.35. The molecule has 2 unspecified atom stereocenters. The summed E-state index contributed by atoms with van der Waals surface area (Å²) in [7, 11) is 0. The van der Waals surface area contributed by atoms with Gasteiger partial charge in [0.15, 0.2) is 0 Å². The minimum atomic E-state index is -0.211. The van der Waals surface area contributed by atoms with Crippen molar-refractivity contribution in [3.63, 3.8) is 0 Å². The summed E-state index contributed by atoms with van der Waals surface area (Å²) in [6.07, 6.45) is 2.83. The molecular weight excluding hydrogens is 422 g/mol. The predicted octanol–water partition coefficient (Wildman–Crippen LogP) is 1.42. The lowest BCUT2D eigenvalue weighted by molar-refractivity contribution is -0.135. The van der Waals surface area contributed by atoms with Crippen LogP contribution in [0, 0.1) is 0 Å². The summed E-state index contributed by atoms with van der Waals surface area (Å²) >= 11 is 3.45. The fraction of sp³-hybridized carbons (Fsp3) is 0.600. The fourth-order valence-corrected chi connectivity index (χ4v) is 3.91. The van der Waals surface area contributed by atoms with Crippen LogP contribution in [-0.4, -0.2) is 66.9 Å². The Bertz CT molecular complexity index is 661. The van der Waals surface area contributed by atoms with E-state index in [4.69, 9.17) is 0 Å². The highest BCUT2D eigenvalue weighted by atomic mass is 79.9. The molecule has 2 aliphatic rings. The zero-order valence-corrected chi connectivity index (χ0v) is 18.0. The molecule has 1 aromatic carbocycles. The molecule has 2 heterocycles. The molecule has 154 valence electrons. The highest BCUT2D eigenvalue weighted by Gasteiger charge is 2.34. The lowest BCUT2D eigenvalue weighted by Crippen LogP contribution is -2.54. The average molecular weight is 452 g/mol. The van der Waals surface area contributed by atoms with Crippen molar-refractivity contribution < 1.29 is 9.59 Å². The lowest BCUT2D eigenvalue weighted by atomic mass is 10.0. The van der Waals surface area contributed by atoms with Gasteiger partial charge in [-0.15, -0.1) is 0 Å². The average Bonchev–Trinajstić information content (AvgIpc) is 3.19. The number of hydrazine groups is 1. The smallest absolute Gasteiger partial charge is 0.241 e. The number of nitrogens with one attached hydrogen (secondary N) is 3. The van der Waals surface area contributed by atoms with E-state index >= 15 is 0 Å². The van der Waals surface area contributed by atoms with Crippen molar-refractivity contribution in [3.8, 4) is 0 Å². The second kappa shape index (κ2) is 10.3. The van der Waals surface area contributed by atoms with E-state index in [0.717, 1.165) is 43.4 Å². The highest BCUT2D eigenvalue weighted by molar-refractivity contribution is 9.10. The first kappa shape index (κ1) is 21.2. The molecule has 7 nitrogen and oxygen atoms in total. The summed E-state index contributed by atoms with van der Waals surface area (Å²) in [5, 5.41) is 2.95. The van der Waals surface area contributed by atoms with Crippen LogP contribution < -0.4 is 16.2 Å². The van der Waals surface area contributed by atoms with Crippen molar-refractivity contribution in [2.75, 3.05) is 39.3 Å². The van der Waals surface area contributed by atoms with Crippen LogP contribution in [0.4, 0.5) is 0 Å². The molecule has 0 bridgehead atoms. The molecular formula is C20H30BrN5O2. The molecule has 0 spiro atoms. The quantitative estimate of drug-likeness (QED) is 0.546.